The van der Waals surface area contributed by atoms with Crippen LogP contribution in [-0.4, -0.2) is 18.3 Å². The highest BCUT2D eigenvalue weighted by atomic mass is 32.2. The molecule has 1 aromatic heterocycles. The lowest BCUT2D eigenvalue weighted by atomic mass is 10.2. The number of hydrogen-bond donors (Lipinski definition) is 2. The smallest absolute Gasteiger partial charge is 0.387 e. The molecule has 1 amide bonds. The molecule has 0 aliphatic heterocycles. The molecule has 1 aromatic carbocycles. The SMILES string of the molecule is N#Cc1cc(C#N)c(SCC(=O)Nc2ccc(OC(F)F)cc2)[nH+]c1N. The predicted octanol–water partition coefficient (Wildman–Crippen LogP) is 2.16. The maximum Gasteiger partial charge on any atom is 0.387 e. The Morgan fingerprint density at radius 3 is 2.50 bits per heavy atom. The molecule has 26 heavy (non-hydrogen) atoms. The van der Waals surface area contributed by atoms with Gasteiger partial charge in [0.05, 0.1) is 5.75 Å². The monoisotopic (exact) mass is 376 g/mol. The molecule has 0 bridgehead atoms. The summed E-state index contributed by atoms with van der Waals surface area (Å²) in [4.78, 5) is 14.7. The topological polar surface area (TPSA) is 126 Å². The first-order valence-corrected chi connectivity index (χ1v) is 8.05. The zero-order valence-electron chi connectivity index (χ0n) is 13.1. The fourth-order valence-electron chi connectivity index (χ4n) is 1.89. The minimum atomic E-state index is -2.92. The molecule has 0 unspecified atom stereocenters. The number of halogens is 2. The number of aromatic amines is 1. The van der Waals surface area contributed by atoms with Gasteiger partial charge in [-0.15, -0.1) is 0 Å². The van der Waals surface area contributed by atoms with Gasteiger partial charge in [0, 0.05) is 5.69 Å². The van der Waals surface area contributed by atoms with Crippen LogP contribution in [0, 0.1) is 22.7 Å². The van der Waals surface area contributed by atoms with Crippen molar-refractivity contribution < 1.29 is 23.3 Å². The van der Waals surface area contributed by atoms with Crippen LogP contribution in [0.2, 0.25) is 0 Å². The lowest BCUT2D eigenvalue weighted by Crippen LogP contribution is -2.19. The van der Waals surface area contributed by atoms with Crippen LogP contribution < -0.4 is 20.8 Å². The van der Waals surface area contributed by atoms with Gasteiger partial charge in [0.25, 0.3) is 5.82 Å². The lowest BCUT2D eigenvalue weighted by molar-refractivity contribution is -0.410. The lowest BCUT2D eigenvalue weighted by Gasteiger charge is -2.07. The highest BCUT2D eigenvalue weighted by Crippen LogP contribution is 2.21. The Morgan fingerprint density at radius 2 is 1.92 bits per heavy atom. The Kier molecular flexibility index (Phi) is 6.31. The van der Waals surface area contributed by atoms with E-state index in [0.29, 0.717) is 10.7 Å². The van der Waals surface area contributed by atoms with Crippen molar-refractivity contribution in [2.75, 3.05) is 16.8 Å². The molecule has 0 atom stereocenters. The van der Waals surface area contributed by atoms with Gasteiger partial charge in [-0.05, 0) is 30.3 Å². The second kappa shape index (κ2) is 8.65. The first-order chi connectivity index (χ1) is 12.4. The number of thioether (sulfide) groups is 1. The van der Waals surface area contributed by atoms with Crippen LogP contribution in [0.3, 0.4) is 0 Å². The number of carbonyl (C=O) groups excluding carboxylic acids is 1. The summed E-state index contributed by atoms with van der Waals surface area (Å²) in [5.74, 6) is -0.332. The molecule has 0 aliphatic rings. The second-order valence-electron chi connectivity index (χ2n) is 4.80. The van der Waals surface area contributed by atoms with Crippen molar-refractivity contribution in [3.63, 3.8) is 0 Å². The predicted molar refractivity (Wildman–Crippen MR) is 89.3 cm³/mol. The van der Waals surface area contributed by atoms with Gasteiger partial charge in [-0.25, -0.2) is 4.98 Å². The summed E-state index contributed by atoms with van der Waals surface area (Å²) in [6.07, 6.45) is 0. The zero-order valence-corrected chi connectivity index (χ0v) is 13.9. The van der Waals surface area contributed by atoms with E-state index < -0.39 is 6.61 Å². The van der Waals surface area contributed by atoms with Crippen molar-refractivity contribution in [1.82, 2.24) is 0 Å². The number of amides is 1. The van der Waals surface area contributed by atoms with E-state index in [2.05, 4.69) is 15.0 Å². The average Bonchev–Trinajstić information content (AvgIpc) is 2.61. The second-order valence-corrected chi connectivity index (χ2v) is 5.79. The van der Waals surface area contributed by atoms with Crippen LogP contribution in [0.1, 0.15) is 11.1 Å². The Morgan fingerprint density at radius 1 is 1.27 bits per heavy atom. The Hall–Kier alpha value is -3.37. The third kappa shape index (κ3) is 5.06. The van der Waals surface area contributed by atoms with Gasteiger partial charge in [-0.3, -0.25) is 10.5 Å². The third-order valence-corrected chi connectivity index (χ3v) is 4.04. The Balaban J connectivity index is 1.98. The molecule has 10 heteroatoms. The van der Waals surface area contributed by atoms with E-state index in [-0.39, 0.29) is 34.4 Å². The largest absolute Gasteiger partial charge is 0.435 e. The highest BCUT2D eigenvalue weighted by Gasteiger charge is 2.16. The number of nitriles is 2. The zero-order chi connectivity index (χ0) is 19.1. The van der Waals surface area contributed by atoms with Crippen LogP contribution in [0.5, 0.6) is 5.75 Å². The molecule has 132 valence electrons. The number of anilines is 2. The summed E-state index contributed by atoms with van der Waals surface area (Å²) in [6, 6.07) is 10.6. The first-order valence-electron chi connectivity index (χ1n) is 7.06. The van der Waals surface area contributed by atoms with E-state index in [1.165, 1.54) is 30.3 Å². The molecule has 0 aliphatic carbocycles. The third-order valence-electron chi connectivity index (χ3n) is 3.02. The van der Waals surface area contributed by atoms with Gasteiger partial charge in [-0.2, -0.15) is 19.3 Å². The van der Waals surface area contributed by atoms with Crippen molar-refractivity contribution in [3.05, 3.63) is 41.5 Å². The number of nitrogen functional groups attached to an aromatic ring is 1. The van der Waals surface area contributed by atoms with E-state index in [1.807, 2.05) is 12.1 Å². The number of alkyl halides is 2. The molecule has 1 heterocycles. The molecule has 7 nitrogen and oxygen atoms in total. The van der Waals surface area contributed by atoms with Crippen LogP contribution >= 0.6 is 11.8 Å². The summed E-state index contributed by atoms with van der Waals surface area (Å²) in [7, 11) is 0. The summed E-state index contributed by atoms with van der Waals surface area (Å²) in [5, 5.41) is 21.0. The van der Waals surface area contributed by atoms with Crippen LogP contribution in [0.25, 0.3) is 0 Å². The number of carbonyl (C=O) groups is 1. The Bertz CT molecular complexity index is 891. The summed E-state index contributed by atoms with van der Waals surface area (Å²) in [5.41, 5.74) is 6.41. The fourth-order valence-corrected chi connectivity index (χ4v) is 2.68. The van der Waals surface area contributed by atoms with E-state index in [9.17, 15) is 13.6 Å². The molecule has 0 radical (unpaired) electrons. The number of hydrogen-bond acceptors (Lipinski definition) is 6. The molecule has 0 saturated carbocycles. The number of aromatic nitrogens is 1. The van der Waals surface area contributed by atoms with Gasteiger partial charge in [-0.1, -0.05) is 11.8 Å². The van der Waals surface area contributed by atoms with Gasteiger partial charge in [0.15, 0.2) is 5.03 Å². The van der Waals surface area contributed by atoms with Crippen molar-refractivity contribution in [3.8, 4) is 17.9 Å². The van der Waals surface area contributed by atoms with Crippen molar-refractivity contribution >= 4 is 29.2 Å². The Labute approximate surface area is 151 Å². The van der Waals surface area contributed by atoms with Crippen LogP contribution in [0.4, 0.5) is 20.3 Å². The molecule has 2 rings (SSSR count). The number of H-pyrrole nitrogens is 1. The molecule has 0 spiro atoms. The average molecular weight is 376 g/mol. The minimum Gasteiger partial charge on any atom is -0.435 e. The molecule has 2 aromatic rings. The van der Waals surface area contributed by atoms with Crippen LogP contribution in [0.15, 0.2) is 35.4 Å². The van der Waals surface area contributed by atoms with E-state index in [1.54, 1.807) is 0 Å². The number of nitrogens with one attached hydrogen (secondary N) is 2. The fraction of sp³-hybridized carbons (Fsp3) is 0.125. The maximum atomic E-state index is 12.1. The number of pyridine rings is 1. The number of nitrogens with zero attached hydrogens (tertiary/aromatic N) is 2. The number of ether oxygens (including phenoxy) is 1. The molecular formula is C16H12F2N5O2S+. The van der Waals surface area contributed by atoms with Gasteiger partial charge in [0.2, 0.25) is 5.91 Å². The van der Waals surface area contributed by atoms with Crippen molar-refractivity contribution in [2.24, 2.45) is 0 Å². The minimum absolute atomic E-state index is 0.0197. The van der Waals surface area contributed by atoms with Crippen molar-refractivity contribution in [2.45, 2.75) is 11.6 Å². The number of rotatable bonds is 6. The molecule has 4 N–H and O–H groups in total. The maximum absolute atomic E-state index is 12.1. The summed E-state index contributed by atoms with van der Waals surface area (Å²) >= 11 is 1.04. The number of benzene rings is 1. The van der Waals surface area contributed by atoms with Gasteiger partial charge in [0.1, 0.15) is 29.0 Å². The molecule has 0 fully saturated rings. The van der Waals surface area contributed by atoms with Crippen LogP contribution in [-0.2, 0) is 4.79 Å². The highest BCUT2D eigenvalue weighted by molar-refractivity contribution is 7.99. The standard InChI is InChI=1S/C16H11F2N5O2S/c17-16(18)25-12-3-1-11(2-4-12)22-13(24)8-26-15-10(7-20)5-9(6-19)14(21)23-15/h1-5,16H,8H2,(H2,21,23)(H,22,24)/p+1. The quantitative estimate of drug-likeness (QED) is 0.744. The van der Waals surface area contributed by atoms with E-state index in [4.69, 9.17) is 16.3 Å². The molecule has 0 saturated heterocycles. The molecular weight excluding hydrogens is 364 g/mol. The van der Waals surface area contributed by atoms with E-state index in [0.717, 1.165) is 11.8 Å². The first kappa shape index (κ1) is 19.0. The normalized spacial score (nSPS) is 10.0. The van der Waals surface area contributed by atoms with Gasteiger partial charge < -0.3 is 10.1 Å². The van der Waals surface area contributed by atoms with Gasteiger partial charge >= 0.3 is 6.61 Å². The summed E-state index contributed by atoms with van der Waals surface area (Å²) < 4.78 is 28.4. The number of nitrogens with two attached hydrogens (primary N) is 1. The summed E-state index contributed by atoms with van der Waals surface area (Å²) in [6.45, 7) is -2.92. The van der Waals surface area contributed by atoms with E-state index >= 15 is 0 Å². The van der Waals surface area contributed by atoms with Crippen molar-refractivity contribution in [1.29, 1.82) is 10.5 Å².